The number of hydrogen-bond donors (Lipinski definition) is 2. The average Bonchev–Trinajstić information content (AvgIpc) is 3.07. The zero-order valence-electron chi connectivity index (χ0n) is 12.8. The number of amides is 1. The van der Waals surface area contributed by atoms with Crippen molar-refractivity contribution < 1.29 is 9.90 Å². The molecule has 1 aromatic rings. The Morgan fingerprint density at radius 2 is 2.14 bits per heavy atom. The van der Waals surface area contributed by atoms with Crippen molar-refractivity contribution in [1.82, 2.24) is 25.5 Å². The topological polar surface area (TPSA) is 95.0 Å². The summed E-state index contributed by atoms with van der Waals surface area (Å²) in [5.41, 5.74) is -0.280. The quantitative estimate of drug-likeness (QED) is 0.830. The van der Waals surface area contributed by atoms with Crippen molar-refractivity contribution in [2.75, 3.05) is 13.1 Å². The van der Waals surface area contributed by atoms with Crippen molar-refractivity contribution >= 4 is 5.91 Å². The number of nitrogens with one attached hydrogen (secondary N) is 1. The van der Waals surface area contributed by atoms with Crippen molar-refractivity contribution in [3.8, 4) is 0 Å². The fourth-order valence-corrected chi connectivity index (χ4v) is 3.76. The Hall–Kier alpha value is -1.50. The highest BCUT2D eigenvalue weighted by Gasteiger charge is 2.47. The van der Waals surface area contributed by atoms with Crippen molar-refractivity contribution in [3.63, 3.8) is 0 Å². The van der Waals surface area contributed by atoms with E-state index in [-0.39, 0.29) is 23.3 Å². The summed E-state index contributed by atoms with van der Waals surface area (Å²) in [6, 6.07) is 0. The van der Waals surface area contributed by atoms with Gasteiger partial charge in [0.25, 0.3) is 0 Å². The molecule has 2 N–H and O–H groups in total. The Kier molecular flexibility index (Phi) is 3.47. The Morgan fingerprint density at radius 3 is 2.71 bits per heavy atom. The van der Waals surface area contributed by atoms with Gasteiger partial charge in [0.15, 0.2) is 5.82 Å². The van der Waals surface area contributed by atoms with Gasteiger partial charge in [0, 0.05) is 19.0 Å². The first-order valence-electron chi connectivity index (χ1n) is 7.58. The van der Waals surface area contributed by atoms with Crippen LogP contribution in [-0.2, 0) is 4.79 Å². The number of carbonyl (C=O) groups excluding carboxylic acids is 1. The molecule has 1 unspecified atom stereocenters. The molecule has 2 aliphatic rings. The largest absolute Gasteiger partial charge is 0.393 e. The number of aromatic nitrogens is 4. The van der Waals surface area contributed by atoms with Crippen LogP contribution in [0.3, 0.4) is 0 Å². The van der Waals surface area contributed by atoms with Gasteiger partial charge in [-0.05, 0) is 24.2 Å². The fraction of sp³-hybridized carbons (Fsp3) is 0.857. The maximum absolute atomic E-state index is 13.0. The van der Waals surface area contributed by atoms with Crippen LogP contribution >= 0.6 is 0 Å². The van der Waals surface area contributed by atoms with Crippen LogP contribution in [0.2, 0.25) is 0 Å². The molecule has 1 aliphatic heterocycles. The van der Waals surface area contributed by atoms with Crippen LogP contribution in [-0.4, -0.2) is 55.7 Å². The number of rotatable bonds is 2. The van der Waals surface area contributed by atoms with E-state index < -0.39 is 5.92 Å². The third-order valence-electron chi connectivity index (χ3n) is 4.86. The molecule has 1 saturated heterocycles. The molecule has 2 fully saturated rings. The number of hydrogen-bond acceptors (Lipinski definition) is 5. The second-order valence-corrected chi connectivity index (χ2v) is 7.38. The predicted octanol–water partition coefficient (Wildman–Crippen LogP) is 0.559. The Morgan fingerprint density at radius 1 is 1.38 bits per heavy atom. The number of aliphatic hydroxyl groups is 1. The van der Waals surface area contributed by atoms with Gasteiger partial charge < -0.3 is 10.0 Å². The van der Waals surface area contributed by atoms with Crippen LogP contribution in [0.4, 0.5) is 0 Å². The van der Waals surface area contributed by atoms with Gasteiger partial charge in [0.2, 0.25) is 5.91 Å². The van der Waals surface area contributed by atoms with Gasteiger partial charge in [-0.15, -0.1) is 10.2 Å². The van der Waals surface area contributed by atoms with Crippen LogP contribution in [0.15, 0.2) is 0 Å². The van der Waals surface area contributed by atoms with E-state index in [9.17, 15) is 9.90 Å². The third-order valence-corrected chi connectivity index (χ3v) is 4.86. The first kappa shape index (κ1) is 14.4. The summed E-state index contributed by atoms with van der Waals surface area (Å²) >= 11 is 0. The number of tetrazole rings is 1. The average molecular weight is 293 g/mol. The van der Waals surface area contributed by atoms with Gasteiger partial charge >= 0.3 is 0 Å². The normalized spacial score (nSPS) is 30.5. The van der Waals surface area contributed by atoms with Gasteiger partial charge in [-0.3, -0.25) is 4.79 Å². The van der Waals surface area contributed by atoms with E-state index in [1.807, 2.05) is 25.7 Å². The minimum atomic E-state index is -0.410. The van der Waals surface area contributed by atoms with Gasteiger partial charge in [-0.2, -0.15) is 5.21 Å². The first-order chi connectivity index (χ1) is 9.88. The highest BCUT2D eigenvalue weighted by Crippen LogP contribution is 2.41. The summed E-state index contributed by atoms with van der Waals surface area (Å²) < 4.78 is 0. The number of aliphatic hydroxyl groups excluding tert-OH is 1. The van der Waals surface area contributed by atoms with E-state index in [0.29, 0.717) is 18.3 Å². The number of H-pyrrole nitrogens is 1. The maximum atomic E-state index is 13.0. The van der Waals surface area contributed by atoms with E-state index in [1.165, 1.54) is 0 Å². The molecule has 1 aromatic heterocycles. The molecule has 1 saturated carbocycles. The molecule has 4 atom stereocenters. The molecule has 0 spiro atoms. The maximum Gasteiger partial charge on any atom is 0.234 e. The molecule has 0 aromatic carbocycles. The lowest BCUT2D eigenvalue weighted by Gasteiger charge is -2.31. The van der Waals surface area contributed by atoms with Crippen molar-refractivity contribution in [2.45, 2.75) is 45.6 Å². The second-order valence-electron chi connectivity index (χ2n) is 7.38. The van der Waals surface area contributed by atoms with Gasteiger partial charge in [-0.25, -0.2) is 0 Å². The lowest BCUT2D eigenvalue weighted by atomic mass is 9.79. The molecule has 1 amide bonds. The zero-order valence-corrected chi connectivity index (χ0v) is 12.8. The smallest absolute Gasteiger partial charge is 0.234 e. The SMILES string of the molecule is CC(C)(C)C(C(=O)N1C[C@@H]2CC[C@H](O)[C@@H]2C1)c1nn[nH]n1. The molecule has 0 bridgehead atoms. The number of fused-ring (bicyclic) bond motifs is 1. The molecule has 21 heavy (non-hydrogen) atoms. The fourth-order valence-electron chi connectivity index (χ4n) is 3.76. The Balaban J connectivity index is 1.80. The van der Waals surface area contributed by atoms with Crippen molar-refractivity contribution in [3.05, 3.63) is 5.82 Å². The molecule has 7 heteroatoms. The van der Waals surface area contributed by atoms with Crippen LogP contribution < -0.4 is 0 Å². The number of likely N-dealkylation sites (tertiary alicyclic amines) is 1. The van der Waals surface area contributed by atoms with Crippen LogP contribution in [0.25, 0.3) is 0 Å². The van der Waals surface area contributed by atoms with E-state index in [2.05, 4.69) is 20.6 Å². The molecule has 116 valence electrons. The van der Waals surface area contributed by atoms with E-state index >= 15 is 0 Å². The summed E-state index contributed by atoms with van der Waals surface area (Å²) in [5, 5.41) is 24.1. The van der Waals surface area contributed by atoms with E-state index in [1.54, 1.807) is 0 Å². The van der Waals surface area contributed by atoms with E-state index in [0.717, 1.165) is 19.4 Å². The number of aromatic amines is 1. The van der Waals surface area contributed by atoms with Gasteiger partial charge in [-0.1, -0.05) is 26.0 Å². The minimum absolute atomic E-state index is 0.0468. The summed E-state index contributed by atoms with van der Waals surface area (Å²) in [6.07, 6.45) is 1.62. The summed E-state index contributed by atoms with van der Waals surface area (Å²) in [6.45, 7) is 7.42. The molecule has 7 nitrogen and oxygen atoms in total. The lowest BCUT2D eigenvalue weighted by Crippen LogP contribution is -2.40. The molecule has 1 aliphatic carbocycles. The van der Waals surface area contributed by atoms with Crippen LogP contribution in [0, 0.1) is 17.3 Å². The molecule has 2 heterocycles. The summed E-state index contributed by atoms with van der Waals surface area (Å²) in [7, 11) is 0. The highest BCUT2D eigenvalue weighted by molar-refractivity contribution is 5.84. The zero-order chi connectivity index (χ0) is 15.2. The molecular formula is C14H23N5O2. The van der Waals surface area contributed by atoms with Crippen molar-refractivity contribution in [2.24, 2.45) is 17.3 Å². The minimum Gasteiger partial charge on any atom is -0.393 e. The lowest BCUT2D eigenvalue weighted by molar-refractivity contribution is -0.135. The molecule has 3 rings (SSSR count). The molecule has 0 radical (unpaired) electrons. The standard InChI is InChI=1S/C14H23N5O2/c1-14(2,3)11(12-15-17-18-16-12)13(21)19-6-8-4-5-10(20)9(8)7-19/h8-11,20H,4-7H2,1-3H3,(H,15,16,17,18)/t8-,9+,10-,11?/m0/s1. The summed E-state index contributed by atoms with van der Waals surface area (Å²) in [4.78, 5) is 14.8. The number of nitrogens with zero attached hydrogens (tertiary/aromatic N) is 4. The Labute approximate surface area is 124 Å². The predicted molar refractivity (Wildman–Crippen MR) is 75.2 cm³/mol. The van der Waals surface area contributed by atoms with Crippen LogP contribution in [0.5, 0.6) is 0 Å². The Bertz CT molecular complexity index is 510. The third kappa shape index (κ3) is 2.54. The van der Waals surface area contributed by atoms with Gasteiger partial charge in [0.05, 0.1) is 6.10 Å². The van der Waals surface area contributed by atoms with E-state index in [4.69, 9.17) is 0 Å². The van der Waals surface area contributed by atoms with Crippen molar-refractivity contribution in [1.29, 1.82) is 0 Å². The number of carbonyl (C=O) groups is 1. The van der Waals surface area contributed by atoms with Gasteiger partial charge in [0.1, 0.15) is 5.92 Å². The monoisotopic (exact) mass is 293 g/mol. The summed E-state index contributed by atoms with van der Waals surface area (Å²) in [5.74, 6) is 0.762. The highest BCUT2D eigenvalue weighted by atomic mass is 16.3. The molecular weight excluding hydrogens is 270 g/mol. The first-order valence-corrected chi connectivity index (χ1v) is 7.58. The van der Waals surface area contributed by atoms with Crippen LogP contribution in [0.1, 0.15) is 45.4 Å². The second kappa shape index (κ2) is 5.05.